The summed E-state index contributed by atoms with van der Waals surface area (Å²) in [5.41, 5.74) is -0.393. The van der Waals surface area contributed by atoms with Gasteiger partial charge in [0.15, 0.2) is 5.78 Å². The number of hydrogen-bond acceptors (Lipinski definition) is 7. The minimum absolute atomic E-state index is 0.0139. The number of ketones is 1. The second-order valence-corrected chi connectivity index (χ2v) is 5.84. The van der Waals surface area contributed by atoms with Gasteiger partial charge in [-0.25, -0.2) is 4.79 Å². The second-order valence-electron chi connectivity index (χ2n) is 5.84. The number of phenolic OH excluding ortho intramolecular Hbond substituents is 3. The summed E-state index contributed by atoms with van der Waals surface area (Å²) in [6, 6.07) is 6.80. The van der Waals surface area contributed by atoms with Crippen LogP contribution in [0.25, 0.3) is 10.8 Å². The molecule has 0 saturated carbocycles. The van der Waals surface area contributed by atoms with Gasteiger partial charge in [-0.1, -0.05) is 0 Å². The van der Waals surface area contributed by atoms with E-state index in [4.69, 9.17) is 9.15 Å². The van der Waals surface area contributed by atoms with Gasteiger partial charge in [-0.15, -0.1) is 0 Å². The number of rotatable bonds is 4. The Bertz CT molecular complexity index is 1080. The summed E-state index contributed by atoms with van der Waals surface area (Å²) in [6.45, 7) is 1.29. The van der Waals surface area contributed by atoms with Gasteiger partial charge in [0.25, 0.3) is 0 Å². The van der Waals surface area contributed by atoms with E-state index in [0.29, 0.717) is 16.7 Å². The first-order valence-electron chi connectivity index (χ1n) is 7.69. The molecule has 3 aromatic rings. The molecule has 0 amide bonds. The van der Waals surface area contributed by atoms with E-state index < -0.39 is 5.63 Å². The second kappa shape index (κ2) is 6.44. The van der Waals surface area contributed by atoms with Crippen LogP contribution in [-0.4, -0.2) is 28.2 Å². The van der Waals surface area contributed by atoms with Gasteiger partial charge >= 0.3 is 5.63 Å². The molecule has 3 rings (SSSR count). The third kappa shape index (κ3) is 3.06. The third-order valence-electron chi connectivity index (χ3n) is 4.00. The highest BCUT2D eigenvalue weighted by atomic mass is 16.5. The van der Waals surface area contributed by atoms with Crippen molar-refractivity contribution in [3.05, 3.63) is 57.6 Å². The quantitative estimate of drug-likeness (QED) is 0.615. The molecule has 0 spiro atoms. The largest absolute Gasteiger partial charge is 0.508 e. The normalized spacial score (nSPS) is 10.8. The van der Waals surface area contributed by atoms with Gasteiger partial charge in [-0.3, -0.25) is 4.79 Å². The lowest BCUT2D eigenvalue weighted by Crippen LogP contribution is -2.06. The van der Waals surface area contributed by atoms with Crippen molar-refractivity contribution in [1.82, 2.24) is 0 Å². The Morgan fingerprint density at radius 2 is 1.81 bits per heavy atom. The van der Waals surface area contributed by atoms with Crippen molar-refractivity contribution in [2.24, 2.45) is 0 Å². The first-order valence-corrected chi connectivity index (χ1v) is 7.69. The molecular formula is C19H16O7. The van der Waals surface area contributed by atoms with Crippen molar-refractivity contribution in [3.8, 4) is 23.0 Å². The summed E-state index contributed by atoms with van der Waals surface area (Å²) in [5, 5.41) is 30.0. The smallest absolute Gasteiger partial charge is 0.347 e. The Hall–Kier alpha value is -3.48. The molecule has 7 heteroatoms. The Morgan fingerprint density at radius 3 is 2.46 bits per heavy atom. The SMILES string of the molecule is COc1cc(O)c2c(=O)oc(Cc3cc(O)cc(O)c3C(C)=O)cc2c1. The number of carbonyl (C=O) groups excluding carboxylic acids is 1. The lowest BCUT2D eigenvalue weighted by Gasteiger charge is -2.10. The van der Waals surface area contributed by atoms with E-state index >= 15 is 0 Å². The van der Waals surface area contributed by atoms with Crippen molar-refractivity contribution in [2.45, 2.75) is 13.3 Å². The standard InChI is InChI=1S/C19H16O7/c1-9(20)17-10(3-12(21)7-15(17)22)5-14-6-11-4-13(25-2)8-16(23)18(11)19(24)26-14/h3-4,6-8,21-23H,5H2,1-2H3. The molecule has 2 aromatic carbocycles. The van der Waals surface area contributed by atoms with Gasteiger partial charge < -0.3 is 24.5 Å². The molecule has 1 aromatic heterocycles. The fourth-order valence-electron chi connectivity index (χ4n) is 2.94. The molecule has 0 aliphatic rings. The van der Waals surface area contributed by atoms with Gasteiger partial charge in [-0.2, -0.15) is 0 Å². The van der Waals surface area contributed by atoms with E-state index in [1.54, 1.807) is 6.07 Å². The van der Waals surface area contributed by atoms with Crippen LogP contribution in [0.1, 0.15) is 28.6 Å². The van der Waals surface area contributed by atoms with Crippen LogP contribution in [0.3, 0.4) is 0 Å². The van der Waals surface area contributed by atoms with Crippen LogP contribution in [0, 0.1) is 0 Å². The number of methoxy groups -OCH3 is 1. The molecule has 0 atom stereocenters. The summed E-state index contributed by atoms with van der Waals surface area (Å²) in [7, 11) is 1.43. The summed E-state index contributed by atoms with van der Waals surface area (Å²) in [6.07, 6.45) is -0.0139. The van der Waals surface area contributed by atoms with Crippen LogP contribution < -0.4 is 10.4 Å². The molecule has 26 heavy (non-hydrogen) atoms. The monoisotopic (exact) mass is 356 g/mol. The van der Waals surface area contributed by atoms with Crippen molar-refractivity contribution >= 4 is 16.6 Å². The molecule has 134 valence electrons. The van der Waals surface area contributed by atoms with E-state index in [1.807, 2.05) is 0 Å². The van der Waals surface area contributed by atoms with Crippen molar-refractivity contribution in [3.63, 3.8) is 0 Å². The zero-order valence-electron chi connectivity index (χ0n) is 14.1. The summed E-state index contributed by atoms with van der Waals surface area (Å²) < 4.78 is 10.3. The van der Waals surface area contributed by atoms with Crippen LogP contribution in [0.5, 0.6) is 23.0 Å². The predicted octanol–water partition coefficient (Wildman–Crippen LogP) is 2.71. The molecule has 0 fully saturated rings. The minimum atomic E-state index is -0.744. The molecule has 0 aliphatic carbocycles. The topological polar surface area (TPSA) is 117 Å². The van der Waals surface area contributed by atoms with Crippen LogP contribution in [-0.2, 0) is 6.42 Å². The van der Waals surface area contributed by atoms with E-state index in [-0.39, 0.29) is 46.2 Å². The number of fused-ring (bicyclic) bond motifs is 1. The summed E-state index contributed by atoms with van der Waals surface area (Å²) in [5.74, 6) is -0.660. The number of ether oxygens (including phenoxy) is 1. The maximum absolute atomic E-state index is 12.2. The molecule has 7 nitrogen and oxygen atoms in total. The number of hydrogen-bond donors (Lipinski definition) is 3. The lowest BCUT2D eigenvalue weighted by molar-refractivity contribution is 0.101. The Kier molecular flexibility index (Phi) is 4.29. The highest BCUT2D eigenvalue weighted by Crippen LogP contribution is 2.31. The fraction of sp³-hybridized carbons (Fsp3) is 0.158. The third-order valence-corrected chi connectivity index (χ3v) is 4.00. The maximum Gasteiger partial charge on any atom is 0.347 e. The molecule has 0 bridgehead atoms. The molecule has 0 unspecified atom stereocenters. The van der Waals surface area contributed by atoms with Crippen LogP contribution in [0.4, 0.5) is 0 Å². The predicted molar refractivity (Wildman–Crippen MR) is 93.3 cm³/mol. The Balaban J connectivity index is 2.16. The molecular weight excluding hydrogens is 340 g/mol. The number of phenols is 3. The number of benzene rings is 2. The van der Waals surface area contributed by atoms with Crippen LogP contribution >= 0.6 is 0 Å². The fourth-order valence-corrected chi connectivity index (χ4v) is 2.94. The van der Waals surface area contributed by atoms with E-state index in [0.717, 1.165) is 6.07 Å². The van der Waals surface area contributed by atoms with Crippen LogP contribution in [0.15, 0.2) is 39.5 Å². The summed E-state index contributed by atoms with van der Waals surface area (Å²) >= 11 is 0. The van der Waals surface area contributed by atoms with Gasteiger partial charge in [0, 0.05) is 18.6 Å². The minimum Gasteiger partial charge on any atom is -0.508 e. The average Bonchev–Trinajstić information content (AvgIpc) is 2.52. The van der Waals surface area contributed by atoms with Crippen molar-refractivity contribution in [1.29, 1.82) is 0 Å². The van der Waals surface area contributed by atoms with Gasteiger partial charge in [0.1, 0.15) is 34.1 Å². The highest BCUT2D eigenvalue weighted by Gasteiger charge is 2.17. The molecule has 1 heterocycles. The van der Waals surface area contributed by atoms with E-state index in [1.165, 1.54) is 32.2 Å². The molecule has 0 aliphatic heterocycles. The van der Waals surface area contributed by atoms with E-state index in [9.17, 15) is 24.9 Å². The molecule has 0 saturated heterocycles. The number of Topliss-reactive ketones (excluding diaryl/α,β-unsaturated/α-hetero) is 1. The zero-order valence-corrected chi connectivity index (χ0v) is 14.1. The van der Waals surface area contributed by atoms with E-state index in [2.05, 4.69) is 0 Å². The average molecular weight is 356 g/mol. The summed E-state index contributed by atoms with van der Waals surface area (Å²) in [4.78, 5) is 24.0. The lowest BCUT2D eigenvalue weighted by atomic mass is 9.98. The van der Waals surface area contributed by atoms with Crippen LogP contribution in [0.2, 0.25) is 0 Å². The first-order chi connectivity index (χ1) is 12.3. The Morgan fingerprint density at radius 1 is 1.08 bits per heavy atom. The zero-order chi connectivity index (χ0) is 19.0. The molecule has 0 radical (unpaired) electrons. The van der Waals surface area contributed by atoms with Crippen molar-refractivity contribution in [2.75, 3.05) is 7.11 Å². The van der Waals surface area contributed by atoms with Crippen molar-refractivity contribution < 1.29 is 29.3 Å². The maximum atomic E-state index is 12.2. The molecule has 3 N–H and O–H groups in total. The van der Waals surface area contributed by atoms with Gasteiger partial charge in [0.05, 0.1) is 12.7 Å². The van der Waals surface area contributed by atoms with Gasteiger partial charge in [0.2, 0.25) is 0 Å². The first kappa shape index (κ1) is 17.3. The number of carbonyl (C=O) groups is 1. The van der Waals surface area contributed by atoms with Gasteiger partial charge in [-0.05, 0) is 36.1 Å². The number of aromatic hydroxyl groups is 3. The Labute approximate surface area is 147 Å². The highest BCUT2D eigenvalue weighted by molar-refractivity contribution is 5.98.